The van der Waals surface area contributed by atoms with Gasteiger partial charge in [0.2, 0.25) is 0 Å². The van der Waals surface area contributed by atoms with Crippen LogP contribution in [0.4, 0.5) is 0 Å². The van der Waals surface area contributed by atoms with Crippen LogP contribution in [0, 0.1) is 0 Å². The summed E-state index contributed by atoms with van der Waals surface area (Å²) in [5, 5.41) is 3.12. The number of aromatic amines is 2. The lowest BCUT2D eigenvalue weighted by molar-refractivity contribution is 0.623. The van der Waals surface area contributed by atoms with E-state index in [4.69, 9.17) is 0 Å². The molecule has 0 radical (unpaired) electrons. The molecule has 0 atom stereocenters. The number of H-pyrrole nitrogens is 2. The van der Waals surface area contributed by atoms with E-state index in [1.165, 1.54) is 0 Å². The van der Waals surface area contributed by atoms with Gasteiger partial charge in [0, 0.05) is 24.8 Å². The molecule has 68 valence electrons. The number of aromatic nitrogens is 4. The zero-order chi connectivity index (χ0) is 9.10. The van der Waals surface area contributed by atoms with Gasteiger partial charge in [0.05, 0.1) is 0 Å². The molecule has 0 aliphatic heterocycles. The molecule has 2 aromatic rings. The second-order valence-corrected chi connectivity index (χ2v) is 2.67. The maximum Gasteiger partial charge on any atom is 0.131 e. The highest BCUT2D eigenvalue weighted by Gasteiger charge is 2.15. The summed E-state index contributed by atoms with van der Waals surface area (Å²) in [4.78, 5) is 14.4. The van der Waals surface area contributed by atoms with E-state index in [0.29, 0.717) is 0 Å². The first-order valence-corrected chi connectivity index (χ1v) is 4.07. The van der Waals surface area contributed by atoms with Gasteiger partial charge < -0.3 is 15.3 Å². The second kappa shape index (κ2) is 3.40. The van der Waals surface area contributed by atoms with Gasteiger partial charge in [-0.05, 0) is 7.05 Å². The minimum atomic E-state index is 0.00463. The summed E-state index contributed by atoms with van der Waals surface area (Å²) in [7, 11) is 1.87. The van der Waals surface area contributed by atoms with Crippen molar-refractivity contribution in [3.05, 3.63) is 36.4 Å². The fourth-order valence-electron chi connectivity index (χ4n) is 1.27. The zero-order valence-electron chi connectivity index (χ0n) is 7.28. The number of hydrogen-bond donors (Lipinski definition) is 3. The van der Waals surface area contributed by atoms with Gasteiger partial charge in [0.25, 0.3) is 0 Å². The van der Waals surface area contributed by atoms with Gasteiger partial charge in [0.1, 0.15) is 17.7 Å². The third-order valence-corrected chi connectivity index (χ3v) is 1.87. The van der Waals surface area contributed by atoms with E-state index < -0.39 is 0 Å². The van der Waals surface area contributed by atoms with Crippen LogP contribution < -0.4 is 5.32 Å². The first-order chi connectivity index (χ1) is 6.42. The third kappa shape index (κ3) is 1.46. The maximum atomic E-state index is 4.17. The van der Waals surface area contributed by atoms with Crippen molar-refractivity contribution in [2.24, 2.45) is 0 Å². The van der Waals surface area contributed by atoms with Crippen LogP contribution >= 0.6 is 0 Å². The van der Waals surface area contributed by atoms with Crippen LogP contribution in [0.25, 0.3) is 0 Å². The Hall–Kier alpha value is -1.62. The van der Waals surface area contributed by atoms with Crippen molar-refractivity contribution in [3.8, 4) is 0 Å². The molecular weight excluding hydrogens is 166 g/mol. The Bertz CT molecular complexity index is 302. The van der Waals surface area contributed by atoms with Crippen molar-refractivity contribution in [3.63, 3.8) is 0 Å². The van der Waals surface area contributed by atoms with Crippen molar-refractivity contribution < 1.29 is 0 Å². The average molecular weight is 177 g/mol. The van der Waals surface area contributed by atoms with E-state index in [9.17, 15) is 0 Å². The minimum absolute atomic E-state index is 0.00463. The van der Waals surface area contributed by atoms with Gasteiger partial charge in [-0.2, -0.15) is 0 Å². The van der Waals surface area contributed by atoms with Crippen LogP contribution in [-0.2, 0) is 0 Å². The molecule has 0 aliphatic rings. The first kappa shape index (κ1) is 8.00. The molecule has 2 rings (SSSR count). The van der Waals surface area contributed by atoms with Crippen LogP contribution in [0.3, 0.4) is 0 Å². The molecule has 0 bridgehead atoms. The Morgan fingerprint density at radius 1 is 1.15 bits per heavy atom. The highest BCUT2D eigenvalue weighted by molar-refractivity contribution is 5.09. The lowest BCUT2D eigenvalue weighted by atomic mass is 10.3. The Balaban J connectivity index is 2.29. The fraction of sp³-hybridized carbons (Fsp3) is 0.250. The second-order valence-electron chi connectivity index (χ2n) is 2.67. The Morgan fingerprint density at radius 3 is 2.00 bits per heavy atom. The molecule has 0 fully saturated rings. The number of rotatable bonds is 3. The highest BCUT2D eigenvalue weighted by atomic mass is 15.1. The van der Waals surface area contributed by atoms with Crippen LogP contribution in [0.5, 0.6) is 0 Å². The van der Waals surface area contributed by atoms with Crippen LogP contribution in [-0.4, -0.2) is 27.0 Å². The number of imidazole rings is 2. The smallest absolute Gasteiger partial charge is 0.131 e. The standard InChI is InChI=1S/C8H11N5/c1-9-6(7-10-2-3-11-7)8-12-4-5-13-8/h2-6,9H,1H3,(H,10,11)(H,12,13). The van der Waals surface area contributed by atoms with Gasteiger partial charge in [-0.15, -0.1) is 0 Å². The van der Waals surface area contributed by atoms with E-state index in [0.717, 1.165) is 11.6 Å². The molecular formula is C8H11N5. The number of hydrogen-bond acceptors (Lipinski definition) is 3. The lowest BCUT2D eigenvalue weighted by Gasteiger charge is -2.09. The van der Waals surface area contributed by atoms with Gasteiger partial charge in [-0.25, -0.2) is 9.97 Å². The highest BCUT2D eigenvalue weighted by Crippen LogP contribution is 2.12. The molecule has 0 aromatic carbocycles. The largest absolute Gasteiger partial charge is 0.347 e. The molecule has 0 aliphatic carbocycles. The van der Waals surface area contributed by atoms with Crippen molar-refractivity contribution in [2.75, 3.05) is 7.05 Å². The molecule has 0 spiro atoms. The van der Waals surface area contributed by atoms with Crippen molar-refractivity contribution in [1.82, 2.24) is 25.3 Å². The number of nitrogens with zero attached hydrogens (tertiary/aromatic N) is 2. The third-order valence-electron chi connectivity index (χ3n) is 1.87. The first-order valence-electron chi connectivity index (χ1n) is 4.07. The molecule has 0 amide bonds. The maximum absolute atomic E-state index is 4.17. The fourth-order valence-corrected chi connectivity index (χ4v) is 1.27. The predicted molar refractivity (Wildman–Crippen MR) is 48.1 cm³/mol. The van der Waals surface area contributed by atoms with E-state index >= 15 is 0 Å². The molecule has 13 heavy (non-hydrogen) atoms. The summed E-state index contributed by atoms with van der Waals surface area (Å²) in [6.45, 7) is 0. The summed E-state index contributed by atoms with van der Waals surface area (Å²) in [5.74, 6) is 1.72. The summed E-state index contributed by atoms with van der Waals surface area (Å²) >= 11 is 0. The minimum Gasteiger partial charge on any atom is -0.347 e. The molecule has 0 unspecified atom stereocenters. The molecule has 2 aromatic heterocycles. The van der Waals surface area contributed by atoms with Gasteiger partial charge >= 0.3 is 0 Å². The summed E-state index contributed by atoms with van der Waals surface area (Å²) in [5.41, 5.74) is 0. The van der Waals surface area contributed by atoms with E-state index in [2.05, 4.69) is 25.3 Å². The molecule has 5 heteroatoms. The zero-order valence-corrected chi connectivity index (χ0v) is 7.28. The topological polar surface area (TPSA) is 69.4 Å². The van der Waals surface area contributed by atoms with Crippen molar-refractivity contribution in [2.45, 2.75) is 6.04 Å². The monoisotopic (exact) mass is 177 g/mol. The Kier molecular flexibility index (Phi) is 2.09. The van der Waals surface area contributed by atoms with Gasteiger partial charge in [-0.3, -0.25) is 0 Å². The van der Waals surface area contributed by atoms with Crippen LogP contribution in [0.1, 0.15) is 17.7 Å². The SMILES string of the molecule is CNC(c1ncc[nH]1)c1ncc[nH]1. The van der Waals surface area contributed by atoms with E-state index in [-0.39, 0.29) is 6.04 Å². The van der Waals surface area contributed by atoms with Crippen molar-refractivity contribution >= 4 is 0 Å². The van der Waals surface area contributed by atoms with Crippen LogP contribution in [0.15, 0.2) is 24.8 Å². The molecule has 5 nitrogen and oxygen atoms in total. The Morgan fingerprint density at radius 2 is 1.69 bits per heavy atom. The van der Waals surface area contributed by atoms with E-state index in [1.807, 2.05) is 7.05 Å². The lowest BCUT2D eigenvalue weighted by Crippen LogP contribution is -2.20. The summed E-state index contributed by atoms with van der Waals surface area (Å²) in [6.07, 6.45) is 7.04. The number of nitrogens with one attached hydrogen (secondary N) is 3. The Labute approximate surface area is 75.6 Å². The summed E-state index contributed by atoms with van der Waals surface area (Å²) in [6, 6.07) is 0.00463. The predicted octanol–water partition coefficient (Wildman–Crippen LogP) is 0.442. The van der Waals surface area contributed by atoms with E-state index in [1.54, 1.807) is 24.8 Å². The molecule has 2 heterocycles. The van der Waals surface area contributed by atoms with Gasteiger partial charge in [0.15, 0.2) is 0 Å². The molecule has 0 saturated heterocycles. The summed E-state index contributed by atoms with van der Waals surface area (Å²) < 4.78 is 0. The van der Waals surface area contributed by atoms with Crippen LogP contribution in [0.2, 0.25) is 0 Å². The molecule has 3 N–H and O–H groups in total. The normalized spacial score (nSPS) is 10.9. The van der Waals surface area contributed by atoms with Gasteiger partial charge in [-0.1, -0.05) is 0 Å². The molecule has 0 saturated carbocycles. The van der Waals surface area contributed by atoms with Crippen molar-refractivity contribution in [1.29, 1.82) is 0 Å². The average Bonchev–Trinajstić information content (AvgIpc) is 2.76. The quantitative estimate of drug-likeness (QED) is 0.637.